The Morgan fingerprint density at radius 2 is 2.12 bits per heavy atom. The Kier molecular flexibility index (Phi) is 8.95. The molecular formula is C25H33N3O5Si. The van der Waals surface area contributed by atoms with E-state index in [2.05, 4.69) is 29.6 Å². The molecular weight excluding hydrogens is 450 g/mol. The number of aromatic nitrogens is 1. The molecule has 0 saturated carbocycles. The van der Waals surface area contributed by atoms with E-state index < -0.39 is 8.07 Å². The van der Waals surface area contributed by atoms with Crippen molar-refractivity contribution in [3.63, 3.8) is 0 Å². The van der Waals surface area contributed by atoms with Gasteiger partial charge in [-0.05, 0) is 23.7 Å². The molecule has 3 rings (SSSR count). The van der Waals surface area contributed by atoms with Crippen LogP contribution < -0.4 is 9.47 Å². The van der Waals surface area contributed by atoms with Crippen molar-refractivity contribution in [3.8, 4) is 17.4 Å². The summed E-state index contributed by atoms with van der Waals surface area (Å²) in [6.07, 6.45) is 3.93. The van der Waals surface area contributed by atoms with Gasteiger partial charge in [-0.15, -0.1) is 0 Å². The molecule has 1 unspecified atom stereocenters. The average Bonchev–Trinajstić information content (AvgIpc) is 3.19. The second-order valence-electron chi connectivity index (χ2n) is 9.36. The molecule has 34 heavy (non-hydrogen) atoms. The Morgan fingerprint density at radius 1 is 1.29 bits per heavy atom. The van der Waals surface area contributed by atoms with Crippen molar-refractivity contribution in [2.45, 2.75) is 51.6 Å². The third kappa shape index (κ3) is 8.07. The van der Waals surface area contributed by atoms with E-state index in [0.29, 0.717) is 31.1 Å². The van der Waals surface area contributed by atoms with E-state index in [1.807, 2.05) is 24.3 Å². The van der Waals surface area contributed by atoms with Gasteiger partial charge in [-0.25, -0.2) is 4.98 Å². The summed E-state index contributed by atoms with van der Waals surface area (Å²) in [5.74, 6) is 1.46. The van der Waals surface area contributed by atoms with Crippen molar-refractivity contribution in [3.05, 3.63) is 47.7 Å². The molecule has 1 aliphatic rings. The molecule has 8 nitrogen and oxygen atoms in total. The summed E-state index contributed by atoms with van der Waals surface area (Å²) in [4.78, 5) is 19.9. The zero-order chi connectivity index (χ0) is 24.6. The van der Waals surface area contributed by atoms with Crippen molar-refractivity contribution >= 4 is 26.0 Å². The van der Waals surface area contributed by atoms with Crippen molar-refractivity contribution in [1.29, 1.82) is 5.41 Å². The topological polar surface area (TPSA) is 103 Å². The molecule has 0 spiro atoms. The van der Waals surface area contributed by atoms with Gasteiger partial charge in [-0.3, -0.25) is 9.79 Å². The van der Waals surface area contributed by atoms with Crippen molar-refractivity contribution in [1.82, 2.24) is 4.98 Å². The number of rotatable bonds is 12. The van der Waals surface area contributed by atoms with Gasteiger partial charge in [0.25, 0.3) is 0 Å². The van der Waals surface area contributed by atoms with E-state index in [4.69, 9.17) is 24.4 Å². The number of nitrogens with zero attached hydrogens (tertiary/aromatic N) is 2. The lowest BCUT2D eigenvalue weighted by atomic mass is 10.1. The zero-order valence-electron chi connectivity index (χ0n) is 20.3. The van der Waals surface area contributed by atoms with Gasteiger partial charge in [0, 0.05) is 64.6 Å². The number of pyridine rings is 1. The van der Waals surface area contributed by atoms with Crippen LogP contribution in [0.3, 0.4) is 0 Å². The highest BCUT2D eigenvalue weighted by molar-refractivity contribution is 6.76. The summed E-state index contributed by atoms with van der Waals surface area (Å²) in [5.41, 5.74) is 2.63. The summed E-state index contributed by atoms with van der Waals surface area (Å²) in [5, 5.41) is 7.47. The van der Waals surface area contributed by atoms with Crippen molar-refractivity contribution < 1.29 is 23.7 Å². The Morgan fingerprint density at radius 3 is 2.79 bits per heavy atom. The molecule has 182 valence electrons. The molecule has 1 aromatic carbocycles. The molecule has 0 radical (unpaired) electrons. The van der Waals surface area contributed by atoms with Gasteiger partial charge in [-0.1, -0.05) is 25.7 Å². The van der Waals surface area contributed by atoms with E-state index in [1.54, 1.807) is 12.3 Å². The van der Waals surface area contributed by atoms with Crippen LogP contribution in [0.15, 0.2) is 41.5 Å². The maximum absolute atomic E-state index is 11.0. The molecule has 0 saturated heterocycles. The van der Waals surface area contributed by atoms with Crippen LogP contribution in [0, 0.1) is 5.41 Å². The van der Waals surface area contributed by atoms with Crippen LogP contribution in [-0.2, 0) is 20.7 Å². The lowest BCUT2D eigenvalue weighted by Gasteiger charge is -2.14. The minimum atomic E-state index is -1.13. The van der Waals surface area contributed by atoms with Crippen LogP contribution in [0.25, 0.3) is 0 Å². The number of hydrogen-bond acceptors (Lipinski definition) is 8. The number of benzene rings is 1. The van der Waals surface area contributed by atoms with Crippen molar-refractivity contribution in [2.75, 3.05) is 19.9 Å². The van der Waals surface area contributed by atoms with Crippen LogP contribution in [0.2, 0.25) is 25.7 Å². The van der Waals surface area contributed by atoms with Gasteiger partial charge in [0.15, 0.2) is 0 Å². The summed E-state index contributed by atoms with van der Waals surface area (Å²) >= 11 is 0. The molecule has 1 N–H and O–H groups in total. The fraction of sp³-hybridized carbons (Fsp3) is 0.440. The van der Waals surface area contributed by atoms with Gasteiger partial charge in [0.2, 0.25) is 5.88 Å². The molecule has 9 heteroatoms. The largest absolute Gasteiger partial charge is 0.486 e. The van der Waals surface area contributed by atoms with Crippen LogP contribution in [-0.4, -0.2) is 57.0 Å². The number of ether oxygens (including phenoxy) is 4. The summed E-state index contributed by atoms with van der Waals surface area (Å²) < 4.78 is 22.5. The minimum absolute atomic E-state index is 0.183. The van der Waals surface area contributed by atoms with Gasteiger partial charge in [-0.2, -0.15) is 0 Å². The Bertz CT molecular complexity index is 1020. The average molecular weight is 484 g/mol. The van der Waals surface area contributed by atoms with Gasteiger partial charge >= 0.3 is 5.97 Å². The Hall–Kier alpha value is -3.04. The number of aliphatic imine (C=N–C) groups is 1. The molecule has 1 aromatic heterocycles. The Labute approximate surface area is 201 Å². The molecule has 0 bridgehead atoms. The lowest BCUT2D eigenvalue weighted by Crippen LogP contribution is -2.21. The predicted molar refractivity (Wildman–Crippen MR) is 134 cm³/mol. The number of carbonyl (C=O) groups is 1. The monoisotopic (exact) mass is 483 g/mol. The molecule has 0 fully saturated rings. The maximum Gasteiger partial charge on any atom is 0.302 e. The second kappa shape index (κ2) is 11.9. The summed E-state index contributed by atoms with van der Waals surface area (Å²) in [7, 11) is -1.13. The fourth-order valence-corrected chi connectivity index (χ4v) is 4.07. The maximum atomic E-state index is 11.0. The van der Waals surface area contributed by atoms with Crippen LogP contribution in [0.1, 0.15) is 24.5 Å². The summed E-state index contributed by atoms with van der Waals surface area (Å²) in [6.45, 7) is 9.54. The van der Waals surface area contributed by atoms with Crippen LogP contribution >= 0.6 is 0 Å². The lowest BCUT2D eigenvalue weighted by molar-refractivity contribution is -0.143. The molecule has 2 heterocycles. The highest BCUT2D eigenvalue weighted by atomic mass is 28.3. The second-order valence-corrected chi connectivity index (χ2v) is 15.0. The number of esters is 1. The van der Waals surface area contributed by atoms with E-state index in [1.165, 1.54) is 13.1 Å². The Balaban J connectivity index is 1.57. The SMILES string of the molecule is CC(=O)OCC1Cc2ccc(Oc3ccc(C(CC=N)=NCOCC[Si](C)(C)C)cn3)cc2O1. The number of carbonyl (C=O) groups excluding carboxylic acids is 1. The highest BCUT2D eigenvalue weighted by Crippen LogP contribution is 2.34. The zero-order valence-corrected chi connectivity index (χ0v) is 21.3. The first-order valence-electron chi connectivity index (χ1n) is 11.4. The summed E-state index contributed by atoms with van der Waals surface area (Å²) in [6, 6.07) is 10.4. The van der Waals surface area contributed by atoms with Gasteiger partial charge < -0.3 is 24.4 Å². The van der Waals surface area contributed by atoms with E-state index in [0.717, 1.165) is 28.6 Å². The predicted octanol–water partition coefficient (Wildman–Crippen LogP) is 4.88. The van der Waals surface area contributed by atoms with Gasteiger partial charge in [0.05, 0.1) is 5.71 Å². The number of fused-ring (bicyclic) bond motifs is 1. The van der Waals surface area contributed by atoms with Gasteiger partial charge in [0.1, 0.15) is 30.9 Å². The number of nitrogens with one attached hydrogen (secondary N) is 1. The van der Waals surface area contributed by atoms with E-state index in [9.17, 15) is 4.79 Å². The first-order chi connectivity index (χ1) is 16.2. The highest BCUT2D eigenvalue weighted by Gasteiger charge is 2.24. The normalized spacial score (nSPS) is 15.4. The molecule has 2 aromatic rings. The third-order valence-electron chi connectivity index (χ3n) is 5.18. The number of hydrogen-bond donors (Lipinski definition) is 1. The smallest absolute Gasteiger partial charge is 0.302 e. The fourth-order valence-electron chi connectivity index (χ4n) is 3.32. The van der Waals surface area contributed by atoms with E-state index in [-0.39, 0.29) is 25.4 Å². The molecule has 1 aliphatic heterocycles. The minimum Gasteiger partial charge on any atom is -0.486 e. The first kappa shape index (κ1) is 25.6. The molecule has 0 aliphatic carbocycles. The standard InChI is InChI=1S/C25H33N3O5Si/c1-18(29)31-16-22-13-19-5-7-21(14-24(19)32-22)33-25-8-6-20(15-27-25)23(9-10-26)28-17-30-11-12-34(2,3)4/h5-8,10,14-15,22,26H,9,11-13,16-17H2,1-4H3. The van der Waals surface area contributed by atoms with Crippen molar-refractivity contribution in [2.24, 2.45) is 4.99 Å². The quantitative estimate of drug-likeness (QED) is 0.200. The molecule has 1 atom stereocenters. The molecule has 0 amide bonds. The first-order valence-corrected chi connectivity index (χ1v) is 15.1. The van der Waals surface area contributed by atoms with Crippen LogP contribution in [0.4, 0.5) is 0 Å². The van der Waals surface area contributed by atoms with Crippen LogP contribution in [0.5, 0.6) is 17.4 Å². The third-order valence-corrected chi connectivity index (χ3v) is 6.89. The van der Waals surface area contributed by atoms with E-state index >= 15 is 0 Å².